The van der Waals surface area contributed by atoms with E-state index in [1.165, 1.54) is 16.7 Å². The van der Waals surface area contributed by atoms with E-state index < -0.39 is 0 Å². The fourth-order valence-corrected chi connectivity index (χ4v) is 2.88. The van der Waals surface area contributed by atoms with Crippen molar-refractivity contribution >= 4 is 11.0 Å². The highest BCUT2D eigenvalue weighted by atomic mass is 16.1. The third-order valence-electron chi connectivity index (χ3n) is 3.90. The summed E-state index contributed by atoms with van der Waals surface area (Å²) >= 11 is 0. The Labute approximate surface area is 123 Å². The van der Waals surface area contributed by atoms with Crippen molar-refractivity contribution < 1.29 is 0 Å². The molecule has 0 aliphatic rings. The fourth-order valence-electron chi connectivity index (χ4n) is 2.88. The molecule has 0 aliphatic carbocycles. The lowest BCUT2D eigenvalue weighted by molar-refractivity contribution is 0.688. The van der Waals surface area contributed by atoms with Crippen molar-refractivity contribution in [2.24, 2.45) is 0 Å². The van der Waals surface area contributed by atoms with Crippen LogP contribution >= 0.6 is 0 Å². The minimum atomic E-state index is -0.172. The Morgan fingerprint density at radius 1 is 1.00 bits per heavy atom. The zero-order valence-electron chi connectivity index (χ0n) is 12.4. The Morgan fingerprint density at radius 3 is 2.48 bits per heavy atom. The average molecular weight is 281 g/mol. The fraction of sp³-hybridized carbons (Fsp3) is 0.235. The maximum Gasteiger partial charge on any atom is 0.323 e. The molecule has 0 saturated carbocycles. The molecule has 4 nitrogen and oxygen atoms in total. The predicted octanol–water partition coefficient (Wildman–Crippen LogP) is 2.78. The van der Waals surface area contributed by atoms with E-state index in [0.717, 1.165) is 16.6 Å². The molecular formula is C17H19N3O. The van der Waals surface area contributed by atoms with Gasteiger partial charge in [0.2, 0.25) is 0 Å². The molecule has 0 amide bonds. The second-order valence-corrected chi connectivity index (χ2v) is 5.47. The summed E-state index contributed by atoms with van der Waals surface area (Å²) < 4.78 is 0. The van der Waals surface area contributed by atoms with E-state index in [1.54, 1.807) is 0 Å². The number of H-pyrrole nitrogens is 2. The van der Waals surface area contributed by atoms with Gasteiger partial charge in [-0.1, -0.05) is 29.8 Å². The van der Waals surface area contributed by atoms with E-state index in [4.69, 9.17) is 0 Å². The average Bonchev–Trinajstić information content (AvgIpc) is 2.81. The van der Waals surface area contributed by atoms with Gasteiger partial charge >= 0.3 is 5.69 Å². The van der Waals surface area contributed by atoms with Crippen LogP contribution < -0.4 is 11.0 Å². The molecule has 1 heterocycles. The maximum atomic E-state index is 11.4. The number of rotatable bonds is 3. The lowest BCUT2D eigenvalue weighted by atomic mass is 9.94. The molecule has 0 bridgehead atoms. The van der Waals surface area contributed by atoms with Gasteiger partial charge in [0.1, 0.15) is 0 Å². The molecule has 108 valence electrons. The predicted molar refractivity (Wildman–Crippen MR) is 85.7 cm³/mol. The second-order valence-electron chi connectivity index (χ2n) is 5.47. The minimum absolute atomic E-state index is 0.105. The third-order valence-corrected chi connectivity index (χ3v) is 3.90. The van der Waals surface area contributed by atoms with E-state index in [-0.39, 0.29) is 11.7 Å². The van der Waals surface area contributed by atoms with Crippen LogP contribution in [-0.4, -0.2) is 17.0 Å². The highest BCUT2D eigenvalue weighted by molar-refractivity contribution is 5.75. The molecule has 3 rings (SSSR count). The zero-order valence-corrected chi connectivity index (χ0v) is 12.4. The molecule has 0 saturated heterocycles. The molecule has 0 spiro atoms. The van der Waals surface area contributed by atoms with Gasteiger partial charge in [-0.15, -0.1) is 0 Å². The SMILES string of the molecule is CNC(c1ccc2[nH]c(=O)[nH]c2c1)c1ccc(C)cc1C. The lowest BCUT2D eigenvalue weighted by Gasteiger charge is -2.20. The summed E-state index contributed by atoms with van der Waals surface area (Å²) in [4.78, 5) is 17.0. The van der Waals surface area contributed by atoms with Gasteiger partial charge in [-0.3, -0.25) is 0 Å². The molecule has 4 heteroatoms. The molecule has 1 atom stereocenters. The molecule has 0 fully saturated rings. The van der Waals surface area contributed by atoms with Crippen molar-refractivity contribution in [1.82, 2.24) is 15.3 Å². The summed E-state index contributed by atoms with van der Waals surface area (Å²) in [6.07, 6.45) is 0. The lowest BCUT2D eigenvalue weighted by Crippen LogP contribution is -2.18. The second kappa shape index (κ2) is 5.22. The first kappa shape index (κ1) is 13.6. The van der Waals surface area contributed by atoms with Gasteiger partial charge in [-0.2, -0.15) is 0 Å². The zero-order chi connectivity index (χ0) is 15.0. The van der Waals surface area contributed by atoms with Gasteiger partial charge < -0.3 is 15.3 Å². The molecule has 1 aromatic heterocycles. The first-order valence-corrected chi connectivity index (χ1v) is 7.05. The number of benzene rings is 2. The van der Waals surface area contributed by atoms with Gasteiger partial charge in [-0.05, 0) is 49.7 Å². The number of hydrogen-bond donors (Lipinski definition) is 3. The number of hydrogen-bond acceptors (Lipinski definition) is 2. The topological polar surface area (TPSA) is 60.7 Å². The van der Waals surface area contributed by atoms with Crippen LogP contribution in [0.3, 0.4) is 0 Å². The van der Waals surface area contributed by atoms with Gasteiger partial charge in [-0.25, -0.2) is 4.79 Å². The largest absolute Gasteiger partial charge is 0.323 e. The van der Waals surface area contributed by atoms with Crippen molar-refractivity contribution in [3.63, 3.8) is 0 Å². The number of imidazole rings is 1. The van der Waals surface area contributed by atoms with E-state index in [9.17, 15) is 4.79 Å². The van der Waals surface area contributed by atoms with Gasteiger partial charge in [0.25, 0.3) is 0 Å². The van der Waals surface area contributed by atoms with Crippen LogP contribution in [0.15, 0.2) is 41.2 Å². The van der Waals surface area contributed by atoms with Crippen LogP contribution in [0, 0.1) is 13.8 Å². The van der Waals surface area contributed by atoms with Gasteiger partial charge in [0.05, 0.1) is 17.1 Å². The van der Waals surface area contributed by atoms with E-state index in [1.807, 2.05) is 25.2 Å². The minimum Gasteiger partial charge on any atom is -0.309 e. The van der Waals surface area contributed by atoms with Crippen LogP contribution in [0.1, 0.15) is 28.3 Å². The Morgan fingerprint density at radius 2 is 1.76 bits per heavy atom. The Balaban J connectivity index is 2.10. The molecular weight excluding hydrogens is 262 g/mol. The Hall–Kier alpha value is -2.33. The van der Waals surface area contributed by atoms with E-state index in [2.05, 4.69) is 47.3 Å². The summed E-state index contributed by atoms with van der Waals surface area (Å²) in [6, 6.07) is 12.6. The monoisotopic (exact) mass is 281 g/mol. The number of aromatic nitrogens is 2. The third kappa shape index (κ3) is 2.50. The number of nitrogens with one attached hydrogen (secondary N) is 3. The van der Waals surface area contributed by atoms with Crippen LogP contribution in [0.4, 0.5) is 0 Å². The molecule has 3 N–H and O–H groups in total. The quantitative estimate of drug-likeness (QED) is 0.691. The first-order valence-electron chi connectivity index (χ1n) is 7.05. The molecule has 0 aliphatic heterocycles. The van der Waals surface area contributed by atoms with Crippen molar-refractivity contribution in [3.8, 4) is 0 Å². The molecule has 2 aromatic carbocycles. The van der Waals surface area contributed by atoms with Crippen LogP contribution in [0.25, 0.3) is 11.0 Å². The summed E-state index contributed by atoms with van der Waals surface area (Å²) in [7, 11) is 1.95. The Bertz CT molecular complexity index is 845. The van der Waals surface area contributed by atoms with Crippen molar-refractivity contribution in [2.75, 3.05) is 7.05 Å². The molecule has 3 aromatic rings. The van der Waals surface area contributed by atoms with Crippen LogP contribution in [0.2, 0.25) is 0 Å². The summed E-state index contributed by atoms with van der Waals surface area (Å²) in [5, 5.41) is 3.36. The van der Waals surface area contributed by atoms with Crippen molar-refractivity contribution in [3.05, 3.63) is 69.1 Å². The van der Waals surface area contributed by atoms with Crippen molar-refractivity contribution in [1.29, 1.82) is 0 Å². The molecule has 0 radical (unpaired) electrons. The maximum absolute atomic E-state index is 11.4. The summed E-state index contributed by atoms with van der Waals surface area (Å²) in [5.41, 5.74) is 6.40. The summed E-state index contributed by atoms with van der Waals surface area (Å²) in [6.45, 7) is 4.23. The normalized spacial score (nSPS) is 12.7. The molecule has 1 unspecified atom stereocenters. The smallest absolute Gasteiger partial charge is 0.309 e. The summed E-state index contributed by atoms with van der Waals surface area (Å²) in [5.74, 6) is 0. The standard InChI is InChI=1S/C17H19N3O/c1-10-4-6-13(11(2)8-10)16(18-3)12-5-7-14-15(9-12)20-17(21)19-14/h4-9,16,18H,1-3H3,(H2,19,20,21). The number of aryl methyl sites for hydroxylation is 2. The molecule has 21 heavy (non-hydrogen) atoms. The van der Waals surface area contributed by atoms with E-state index >= 15 is 0 Å². The highest BCUT2D eigenvalue weighted by Gasteiger charge is 2.15. The first-order chi connectivity index (χ1) is 10.1. The number of fused-ring (bicyclic) bond motifs is 1. The Kier molecular flexibility index (Phi) is 3.39. The highest BCUT2D eigenvalue weighted by Crippen LogP contribution is 2.26. The van der Waals surface area contributed by atoms with E-state index in [0.29, 0.717) is 0 Å². The van der Waals surface area contributed by atoms with Crippen LogP contribution in [-0.2, 0) is 0 Å². The van der Waals surface area contributed by atoms with Crippen LogP contribution in [0.5, 0.6) is 0 Å². The number of aromatic amines is 2. The van der Waals surface area contributed by atoms with Crippen molar-refractivity contribution in [2.45, 2.75) is 19.9 Å². The van der Waals surface area contributed by atoms with Gasteiger partial charge in [0, 0.05) is 0 Å². The van der Waals surface area contributed by atoms with Gasteiger partial charge in [0.15, 0.2) is 0 Å².